The van der Waals surface area contributed by atoms with E-state index in [9.17, 15) is 15.0 Å². The molecule has 0 aliphatic rings. The third kappa shape index (κ3) is 3.08. The number of phenolic OH excluding ortho intramolecular Hbond substituents is 2. The molecular formula is C13H11ClN2O3. The number of halogens is 1. The number of aromatic hydroxyl groups is 2. The second kappa shape index (κ2) is 5.07. The first-order valence-corrected chi connectivity index (χ1v) is 5.73. The van der Waals surface area contributed by atoms with E-state index in [-0.39, 0.29) is 17.1 Å². The first kappa shape index (κ1) is 13.0. The Morgan fingerprint density at radius 1 is 1.11 bits per heavy atom. The van der Waals surface area contributed by atoms with Crippen molar-refractivity contribution < 1.29 is 15.0 Å². The Hall–Kier alpha value is -2.40. The molecule has 0 aliphatic heterocycles. The third-order valence-electron chi connectivity index (χ3n) is 2.41. The van der Waals surface area contributed by atoms with E-state index in [1.807, 2.05) is 0 Å². The molecule has 2 aromatic carbocycles. The molecule has 0 aromatic heterocycles. The Kier molecular flexibility index (Phi) is 3.48. The number of hydrogen-bond donors (Lipinski definition) is 4. The van der Waals surface area contributed by atoms with E-state index in [1.165, 1.54) is 18.2 Å². The van der Waals surface area contributed by atoms with Gasteiger partial charge in [-0.05, 0) is 30.3 Å². The Morgan fingerprint density at radius 2 is 1.74 bits per heavy atom. The molecule has 0 aliphatic carbocycles. The van der Waals surface area contributed by atoms with Gasteiger partial charge in [-0.2, -0.15) is 0 Å². The van der Waals surface area contributed by atoms with Gasteiger partial charge >= 0.3 is 0 Å². The number of phenols is 2. The first-order valence-electron chi connectivity index (χ1n) is 5.35. The molecule has 19 heavy (non-hydrogen) atoms. The normalized spacial score (nSPS) is 10.2. The molecule has 2 aromatic rings. The van der Waals surface area contributed by atoms with Crippen LogP contribution in [0.25, 0.3) is 0 Å². The summed E-state index contributed by atoms with van der Waals surface area (Å²) >= 11 is 5.93. The van der Waals surface area contributed by atoms with E-state index in [2.05, 4.69) is 5.32 Å². The van der Waals surface area contributed by atoms with Gasteiger partial charge in [-0.1, -0.05) is 11.6 Å². The number of nitrogen functional groups attached to an aromatic ring is 1. The number of nitrogens with one attached hydrogen (secondary N) is 1. The molecule has 5 N–H and O–H groups in total. The van der Waals surface area contributed by atoms with Gasteiger partial charge in [-0.25, -0.2) is 0 Å². The van der Waals surface area contributed by atoms with Crippen LogP contribution >= 0.6 is 11.6 Å². The largest absolute Gasteiger partial charge is 0.508 e. The molecule has 0 atom stereocenters. The molecule has 0 unspecified atom stereocenters. The standard InChI is InChI=1S/C13H11ClN2O3/c14-11-5-8(15)1-2-12(11)16-13(19)7-3-9(17)6-10(18)4-7/h1-6,17-18H,15H2,(H,16,19). The highest BCUT2D eigenvalue weighted by molar-refractivity contribution is 6.34. The van der Waals surface area contributed by atoms with Gasteiger partial charge in [0, 0.05) is 17.3 Å². The monoisotopic (exact) mass is 278 g/mol. The van der Waals surface area contributed by atoms with Gasteiger partial charge in [0.05, 0.1) is 10.7 Å². The summed E-state index contributed by atoms with van der Waals surface area (Å²) in [5.74, 6) is -0.903. The summed E-state index contributed by atoms with van der Waals surface area (Å²) in [5.41, 5.74) is 6.54. The second-order valence-corrected chi connectivity index (χ2v) is 4.34. The highest BCUT2D eigenvalue weighted by atomic mass is 35.5. The van der Waals surface area contributed by atoms with Crippen molar-refractivity contribution in [1.29, 1.82) is 0 Å². The molecule has 0 heterocycles. The predicted octanol–water partition coefficient (Wildman–Crippen LogP) is 2.59. The average Bonchev–Trinajstić information content (AvgIpc) is 2.31. The molecule has 98 valence electrons. The van der Waals surface area contributed by atoms with Crippen LogP contribution in [0, 0.1) is 0 Å². The lowest BCUT2D eigenvalue weighted by atomic mass is 10.2. The van der Waals surface area contributed by atoms with Crippen molar-refractivity contribution in [3.8, 4) is 11.5 Å². The van der Waals surface area contributed by atoms with E-state index in [4.69, 9.17) is 17.3 Å². The second-order valence-electron chi connectivity index (χ2n) is 3.93. The maximum atomic E-state index is 11.9. The lowest BCUT2D eigenvalue weighted by molar-refractivity contribution is 0.102. The van der Waals surface area contributed by atoms with Crippen molar-refractivity contribution in [2.45, 2.75) is 0 Å². The molecule has 0 bridgehead atoms. The van der Waals surface area contributed by atoms with Gasteiger partial charge in [0.25, 0.3) is 5.91 Å². The molecule has 0 fully saturated rings. The lowest BCUT2D eigenvalue weighted by Crippen LogP contribution is -2.12. The maximum absolute atomic E-state index is 11.9. The molecule has 2 rings (SSSR count). The number of nitrogens with two attached hydrogens (primary N) is 1. The van der Waals surface area contributed by atoms with Crippen LogP contribution in [0.4, 0.5) is 11.4 Å². The van der Waals surface area contributed by atoms with Crippen LogP contribution in [0.1, 0.15) is 10.4 Å². The van der Waals surface area contributed by atoms with E-state index < -0.39 is 5.91 Å². The van der Waals surface area contributed by atoms with Crippen molar-refractivity contribution in [1.82, 2.24) is 0 Å². The SMILES string of the molecule is Nc1ccc(NC(=O)c2cc(O)cc(O)c2)c(Cl)c1. The number of carbonyl (C=O) groups excluding carboxylic acids is 1. The number of rotatable bonds is 2. The number of benzene rings is 2. The number of hydrogen-bond acceptors (Lipinski definition) is 4. The summed E-state index contributed by atoms with van der Waals surface area (Å²) in [5, 5.41) is 21.5. The molecule has 5 nitrogen and oxygen atoms in total. The fourth-order valence-electron chi connectivity index (χ4n) is 1.55. The smallest absolute Gasteiger partial charge is 0.255 e. The Morgan fingerprint density at radius 3 is 2.32 bits per heavy atom. The van der Waals surface area contributed by atoms with Crippen molar-refractivity contribution >= 4 is 28.9 Å². The van der Waals surface area contributed by atoms with Crippen LogP contribution in [0.2, 0.25) is 5.02 Å². The third-order valence-corrected chi connectivity index (χ3v) is 2.72. The number of anilines is 2. The van der Waals surface area contributed by atoms with Gasteiger partial charge in [-0.15, -0.1) is 0 Å². The zero-order valence-corrected chi connectivity index (χ0v) is 10.5. The Balaban J connectivity index is 2.25. The van der Waals surface area contributed by atoms with Gasteiger partial charge in [0.1, 0.15) is 11.5 Å². The molecule has 1 amide bonds. The van der Waals surface area contributed by atoms with Crippen LogP contribution in [0.3, 0.4) is 0 Å². The fourth-order valence-corrected chi connectivity index (χ4v) is 1.79. The topological polar surface area (TPSA) is 95.6 Å². The van der Waals surface area contributed by atoms with E-state index >= 15 is 0 Å². The molecule has 0 radical (unpaired) electrons. The highest BCUT2D eigenvalue weighted by Crippen LogP contribution is 2.26. The lowest BCUT2D eigenvalue weighted by Gasteiger charge is -2.08. The highest BCUT2D eigenvalue weighted by Gasteiger charge is 2.10. The first-order chi connectivity index (χ1) is 8.95. The summed E-state index contributed by atoms with van der Waals surface area (Å²) in [6.07, 6.45) is 0. The zero-order valence-electron chi connectivity index (χ0n) is 9.72. The predicted molar refractivity (Wildman–Crippen MR) is 73.6 cm³/mol. The van der Waals surface area contributed by atoms with Crippen LogP contribution in [0.15, 0.2) is 36.4 Å². The summed E-state index contributed by atoms with van der Waals surface area (Å²) in [6, 6.07) is 8.28. The van der Waals surface area contributed by atoms with E-state index in [1.54, 1.807) is 12.1 Å². The summed E-state index contributed by atoms with van der Waals surface area (Å²) in [4.78, 5) is 11.9. The summed E-state index contributed by atoms with van der Waals surface area (Å²) in [7, 11) is 0. The van der Waals surface area contributed by atoms with Crippen molar-refractivity contribution in [2.75, 3.05) is 11.1 Å². The summed E-state index contributed by atoms with van der Waals surface area (Å²) in [6.45, 7) is 0. The average molecular weight is 279 g/mol. The van der Waals surface area contributed by atoms with Crippen molar-refractivity contribution in [2.24, 2.45) is 0 Å². The quantitative estimate of drug-likeness (QED) is 0.635. The van der Waals surface area contributed by atoms with Crippen LogP contribution in [-0.2, 0) is 0 Å². The van der Waals surface area contributed by atoms with Crippen molar-refractivity contribution in [3.05, 3.63) is 47.0 Å². The van der Waals surface area contributed by atoms with Crippen LogP contribution in [-0.4, -0.2) is 16.1 Å². The van der Waals surface area contributed by atoms with Gasteiger partial charge in [0.2, 0.25) is 0 Å². The molecule has 0 spiro atoms. The molecule has 0 saturated carbocycles. The van der Waals surface area contributed by atoms with E-state index in [0.29, 0.717) is 16.4 Å². The van der Waals surface area contributed by atoms with Gasteiger partial charge < -0.3 is 21.3 Å². The van der Waals surface area contributed by atoms with Gasteiger partial charge in [-0.3, -0.25) is 4.79 Å². The van der Waals surface area contributed by atoms with Crippen LogP contribution in [0.5, 0.6) is 11.5 Å². The van der Waals surface area contributed by atoms with Crippen LogP contribution < -0.4 is 11.1 Å². The number of amides is 1. The Labute approximate surface area is 114 Å². The van der Waals surface area contributed by atoms with Gasteiger partial charge in [0.15, 0.2) is 0 Å². The summed E-state index contributed by atoms with van der Waals surface area (Å²) < 4.78 is 0. The Bertz CT molecular complexity index is 624. The van der Waals surface area contributed by atoms with E-state index in [0.717, 1.165) is 6.07 Å². The minimum absolute atomic E-state index is 0.116. The number of carbonyl (C=O) groups is 1. The fraction of sp³-hybridized carbons (Fsp3) is 0. The minimum atomic E-state index is -0.502. The maximum Gasteiger partial charge on any atom is 0.255 e. The minimum Gasteiger partial charge on any atom is -0.508 e. The molecule has 0 saturated heterocycles. The van der Waals surface area contributed by atoms with Crippen molar-refractivity contribution in [3.63, 3.8) is 0 Å². The molecular weight excluding hydrogens is 268 g/mol. The molecule has 6 heteroatoms. The zero-order chi connectivity index (χ0) is 14.0.